The van der Waals surface area contributed by atoms with Gasteiger partial charge in [-0.05, 0) is 67.3 Å². The molecule has 3 aromatic carbocycles. The monoisotopic (exact) mass is 667 g/mol. The summed E-state index contributed by atoms with van der Waals surface area (Å²) in [6, 6.07) is 9.57. The molecule has 9 rings (SSSR count). The smallest absolute Gasteiger partial charge is 0.319 e. The van der Waals surface area contributed by atoms with Gasteiger partial charge in [-0.15, -0.1) is 6.42 Å². The van der Waals surface area contributed by atoms with Crippen LogP contribution in [0.5, 0.6) is 11.8 Å². The SMILES string of the molecule is C#Cc1c(C)ccc2cc(O)cc(-c3c(Cl)cc4c(N5CC6CCC(C5)N6)nc(OCC5(CN6C[C@H]7COC[C@H]7C6)CC5)nc4c3F)c12. The molecule has 4 saturated heterocycles. The number of benzene rings is 3. The average molecular weight is 668 g/mol. The highest BCUT2D eigenvalue weighted by molar-refractivity contribution is 6.35. The van der Waals surface area contributed by atoms with Gasteiger partial charge in [0, 0.05) is 84.0 Å². The number of aromatic nitrogens is 2. The minimum atomic E-state index is -0.590. The number of piperazine rings is 1. The third kappa shape index (κ3) is 5.16. The summed E-state index contributed by atoms with van der Waals surface area (Å²) >= 11 is 6.99. The molecule has 1 saturated carbocycles. The van der Waals surface area contributed by atoms with Crippen molar-refractivity contribution in [3.05, 3.63) is 52.3 Å². The molecule has 2 unspecified atom stereocenters. The summed E-state index contributed by atoms with van der Waals surface area (Å²) in [6.07, 6.45) is 10.3. The zero-order chi connectivity index (χ0) is 32.7. The lowest BCUT2D eigenvalue weighted by molar-refractivity contribution is 0.131. The number of phenols is 1. The lowest BCUT2D eigenvalue weighted by Crippen LogP contribution is -2.51. The highest BCUT2D eigenvalue weighted by Crippen LogP contribution is 2.48. The number of rotatable bonds is 7. The molecule has 2 N–H and O–H groups in total. The number of hydrogen-bond acceptors (Lipinski definition) is 8. The van der Waals surface area contributed by atoms with Crippen molar-refractivity contribution in [2.75, 3.05) is 57.4 Å². The van der Waals surface area contributed by atoms with Crippen LogP contribution in [-0.2, 0) is 4.74 Å². The molecular formula is C38H39ClFN5O3. The number of aryl methyl sites for hydroxylation is 1. The molecule has 10 heteroatoms. The fourth-order valence-corrected chi connectivity index (χ4v) is 9.04. The Bertz CT molecular complexity index is 1990. The zero-order valence-electron chi connectivity index (χ0n) is 27.1. The minimum absolute atomic E-state index is 0.00697. The van der Waals surface area contributed by atoms with Crippen LogP contribution in [0.2, 0.25) is 5.02 Å². The highest BCUT2D eigenvalue weighted by Gasteiger charge is 2.48. The summed E-state index contributed by atoms with van der Waals surface area (Å²) in [5.74, 6) is 4.09. The van der Waals surface area contributed by atoms with Gasteiger partial charge in [-0.3, -0.25) is 0 Å². The number of ether oxygens (including phenoxy) is 2. The predicted octanol–water partition coefficient (Wildman–Crippen LogP) is 5.92. The van der Waals surface area contributed by atoms with E-state index in [1.165, 1.54) is 6.07 Å². The molecule has 5 fully saturated rings. The van der Waals surface area contributed by atoms with E-state index in [1.807, 2.05) is 19.1 Å². The number of terminal acetylenes is 1. The Hall–Kier alpha value is -3.68. The van der Waals surface area contributed by atoms with Gasteiger partial charge in [0.05, 0.1) is 24.8 Å². The molecule has 5 aliphatic rings. The van der Waals surface area contributed by atoms with E-state index in [2.05, 4.69) is 21.0 Å². The number of anilines is 1. The Labute approximate surface area is 284 Å². The maximum atomic E-state index is 17.2. The largest absolute Gasteiger partial charge is 0.508 e. The third-order valence-corrected chi connectivity index (χ3v) is 11.7. The maximum absolute atomic E-state index is 17.2. The van der Waals surface area contributed by atoms with Gasteiger partial charge in [-0.2, -0.15) is 9.97 Å². The molecule has 5 heterocycles. The van der Waals surface area contributed by atoms with Crippen molar-refractivity contribution in [2.24, 2.45) is 17.3 Å². The first-order chi connectivity index (χ1) is 23.3. The van der Waals surface area contributed by atoms with Crippen molar-refractivity contribution in [1.29, 1.82) is 0 Å². The number of hydrogen-bond donors (Lipinski definition) is 2. The molecule has 48 heavy (non-hydrogen) atoms. The number of nitrogens with one attached hydrogen (secondary N) is 1. The number of phenolic OH excluding ortho intramolecular Hbond substituents is 1. The zero-order valence-corrected chi connectivity index (χ0v) is 27.8. The molecular weight excluding hydrogens is 629 g/mol. The van der Waals surface area contributed by atoms with Gasteiger partial charge in [0.25, 0.3) is 0 Å². The van der Waals surface area contributed by atoms with Crippen molar-refractivity contribution in [3.8, 4) is 35.2 Å². The second kappa shape index (κ2) is 11.4. The molecule has 4 aromatic rings. The Balaban J connectivity index is 1.13. The lowest BCUT2D eigenvalue weighted by Gasteiger charge is -2.34. The van der Waals surface area contributed by atoms with Gasteiger partial charge in [-0.25, -0.2) is 4.39 Å². The van der Waals surface area contributed by atoms with E-state index >= 15 is 4.39 Å². The Morgan fingerprint density at radius 2 is 1.85 bits per heavy atom. The van der Waals surface area contributed by atoms with Gasteiger partial charge < -0.3 is 29.7 Å². The molecule has 0 amide bonds. The van der Waals surface area contributed by atoms with Crippen LogP contribution in [0.3, 0.4) is 0 Å². The van der Waals surface area contributed by atoms with Crippen LogP contribution >= 0.6 is 11.6 Å². The molecule has 1 aliphatic carbocycles. The van der Waals surface area contributed by atoms with E-state index in [-0.39, 0.29) is 33.3 Å². The van der Waals surface area contributed by atoms with Gasteiger partial charge in [0.2, 0.25) is 0 Å². The minimum Gasteiger partial charge on any atom is -0.508 e. The molecule has 248 valence electrons. The van der Waals surface area contributed by atoms with Crippen LogP contribution in [0.25, 0.3) is 32.8 Å². The van der Waals surface area contributed by atoms with Crippen LogP contribution in [0.1, 0.15) is 36.8 Å². The van der Waals surface area contributed by atoms with Gasteiger partial charge in [0.1, 0.15) is 17.1 Å². The normalized spacial score (nSPS) is 25.9. The van der Waals surface area contributed by atoms with Crippen molar-refractivity contribution in [1.82, 2.24) is 20.2 Å². The highest BCUT2D eigenvalue weighted by atomic mass is 35.5. The summed E-state index contributed by atoms with van der Waals surface area (Å²) in [6.45, 7) is 8.79. The second-order valence-electron chi connectivity index (χ2n) is 14.8. The van der Waals surface area contributed by atoms with E-state index in [0.717, 1.165) is 77.2 Å². The first kappa shape index (κ1) is 30.4. The van der Waals surface area contributed by atoms with Crippen molar-refractivity contribution < 1.29 is 19.0 Å². The van der Waals surface area contributed by atoms with Gasteiger partial charge >= 0.3 is 6.01 Å². The maximum Gasteiger partial charge on any atom is 0.319 e. The quantitative estimate of drug-likeness (QED) is 0.235. The van der Waals surface area contributed by atoms with Crippen LogP contribution in [0.15, 0.2) is 30.3 Å². The molecule has 1 aromatic heterocycles. The third-order valence-electron chi connectivity index (χ3n) is 11.4. The summed E-state index contributed by atoms with van der Waals surface area (Å²) in [5, 5.41) is 16.5. The summed E-state index contributed by atoms with van der Waals surface area (Å²) in [4.78, 5) is 14.5. The van der Waals surface area contributed by atoms with Crippen LogP contribution in [0.4, 0.5) is 10.2 Å². The fraction of sp³-hybridized carbons (Fsp3) is 0.474. The summed E-state index contributed by atoms with van der Waals surface area (Å²) in [5.41, 5.74) is 2.27. The Morgan fingerprint density at radius 1 is 1.10 bits per heavy atom. The topological polar surface area (TPSA) is 83.0 Å². The Kier molecular flexibility index (Phi) is 7.25. The average Bonchev–Trinajstić information content (AvgIpc) is 3.31. The molecule has 0 radical (unpaired) electrons. The van der Waals surface area contributed by atoms with E-state index < -0.39 is 5.82 Å². The fourth-order valence-electron chi connectivity index (χ4n) is 8.75. The second-order valence-corrected chi connectivity index (χ2v) is 15.3. The molecule has 0 spiro atoms. The van der Waals surface area contributed by atoms with E-state index in [1.54, 1.807) is 12.1 Å². The molecule has 2 bridgehead atoms. The van der Waals surface area contributed by atoms with Gasteiger partial charge in [0.15, 0.2) is 5.82 Å². The van der Waals surface area contributed by atoms with Crippen LogP contribution in [-0.4, -0.2) is 84.6 Å². The van der Waals surface area contributed by atoms with Crippen LogP contribution in [0, 0.1) is 42.3 Å². The van der Waals surface area contributed by atoms with Crippen LogP contribution < -0.4 is 15.0 Å². The van der Waals surface area contributed by atoms with E-state index in [9.17, 15) is 5.11 Å². The number of fused-ring (bicyclic) bond motifs is 5. The van der Waals surface area contributed by atoms with E-state index in [4.69, 9.17) is 37.5 Å². The van der Waals surface area contributed by atoms with Gasteiger partial charge in [-0.1, -0.05) is 29.7 Å². The molecule has 4 aliphatic heterocycles. The number of nitrogens with zero attached hydrogens (tertiary/aromatic N) is 4. The van der Waals surface area contributed by atoms with Crippen molar-refractivity contribution >= 4 is 39.1 Å². The Morgan fingerprint density at radius 3 is 2.56 bits per heavy atom. The summed E-state index contributed by atoms with van der Waals surface area (Å²) < 4.78 is 29.3. The number of likely N-dealkylation sites (tertiary alicyclic amines) is 1. The van der Waals surface area contributed by atoms with Crippen molar-refractivity contribution in [2.45, 2.75) is 44.7 Å². The first-order valence-corrected chi connectivity index (χ1v) is 17.5. The predicted molar refractivity (Wildman–Crippen MR) is 185 cm³/mol. The van der Waals surface area contributed by atoms with Crippen molar-refractivity contribution in [3.63, 3.8) is 0 Å². The standard InChI is InChI=1S/C38H39ClFN5O3/c1-3-28-21(2)4-5-22-10-27(46)11-29(32(22)28)33-31(39)12-30-35(34(33)40)42-37(43-36(30)45-15-25-6-7-26(16-45)41-25)48-20-38(8-9-38)19-44-13-23-17-47-18-24(23)14-44/h1,4-5,10-12,23-26,41,46H,6-9,13-20H2,2H3/t23-,24+,25?,26?. The number of halogens is 2. The van der Waals surface area contributed by atoms with E-state index in [0.29, 0.717) is 63.6 Å². The molecule has 8 nitrogen and oxygen atoms in total. The molecule has 4 atom stereocenters. The number of aromatic hydroxyl groups is 1. The first-order valence-electron chi connectivity index (χ1n) is 17.1. The lowest BCUT2D eigenvalue weighted by atomic mass is 9.91. The summed E-state index contributed by atoms with van der Waals surface area (Å²) in [7, 11) is 0.